The second-order valence-corrected chi connectivity index (χ2v) is 6.88. The molecule has 6 heteroatoms. The topological polar surface area (TPSA) is 61.4 Å². The van der Waals surface area contributed by atoms with Crippen LogP contribution in [0.3, 0.4) is 0 Å². The van der Waals surface area contributed by atoms with E-state index >= 15 is 0 Å². The molecule has 3 aliphatic rings. The van der Waals surface area contributed by atoms with Gasteiger partial charge < -0.3 is 15.5 Å². The predicted octanol–water partition coefficient (Wildman–Crippen LogP) is 0.781. The van der Waals surface area contributed by atoms with Gasteiger partial charge in [0.15, 0.2) is 0 Å². The SMILES string of the molecule is CC(C)C1C(=O)NCCN1C(=O)C1CC12CCNCC2.Cl. The van der Waals surface area contributed by atoms with Crippen molar-refractivity contribution in [2.45, 2.75) is 39.2 Å². The molecule has 120 valence electrons. The first-order chi connectivity index (χ1) is 9.55. The van der Waals surface area contributed by atoms with Gasteiger partial charge in [0, 0.05) is 19.0 Å². The highest BCUT2D eigenvalue weighted by Gasteiger charge is 2.59. The fraction of sp³-hybridized carbons (Fsp3) is 0.867. The summed E-state index contributed by atoms with van der Waals surface area (Å²) in [5, 5.41) is 6.25. The smallest absolute Gasteiger partial charge is 0.243 e. The third-order valence-corrected chi connectivity index (χ3v) is 5.26. The summed E-state index contributed by atoms with van der Waals surface area (Å²) < 4.78 is 0. The zero-order chi connectivity index (χ0) is 14.3. The number of piperidine rings is 1. The highest BCUT2D eigenvalue weighted by Crippen LogP contribution is 2.59. The lowest BCUT2D eigenvalue weighted by Crippen LogP contribution is -2.59. The van der Waals surface area contributed by atoms with Crippen molar-refractivity contribution >= 4 is 24.2 Å². The van der Waals surface area contributed by atoms with Crippen LogP contribution in [0.2, 0.25) is 0 Å². The molecule has 2 saturated heterocycles. The van der Waals surface area contributed by atoms with Gasteiger partial charge in [-0.05, 0) is 43.7 Å². The van der Waals surface area contributed by atoms with Crippen LogP contribution >= 0.6 is 12.4 Å². The first kappa shape index (κ1) is 16.6. The third-order valence-electron chi connectivity index (χ3n) is 5.26. The number of rotatable bonds is 2. The van der Waals surface area contributed by atoms with E-state index in [1.807, 2.05) is 18.7 Å². The Balaban J connectivity index is 0.00000161. The number of hydrogen-bond donors (Lipinski definition) is 2. The highest BCUT2D eigenvalue weighted by atomic mass is 35.5. The monoisotopic (exact) mass is 315 g/mol. The summed E-state index contributed by atoms with van der Waals surface area (Å²) in [6.45, 7) is 7.34. The molecule has 2 N–H and O–H groups in total. The first-order valence-electron chi connectivity index (χ1n) is 7.84. The van der Waals surface area contributed by atoms with Gasteiger partial charge in [-0.15, -0.1) is 12.4 Å². The molecule has 1 spiro atoms. The second kappa shape index (κ2) is 6.13. The van der Waals surface area contributed by atoms with Crippen LogP contribution in [0.1, 0.15) is 33.1 Å². The Hall–Kier alpha value is -0.810. The molecule has 2 amide bonds. The Kier molecular flexibility index (Phi) is 4.83. The van der Waals surface area contributed by atoms with Gasteiger partial charge >= 0.3 is 0 Å². The molecule has 0 aromatic heterocycles. The molecule has 0 bridgehead atoms. The maximum atomic E-state index is 12.8. The minimum absolute atomic E-state index is 0. The van der Waals surface area contributed by atoms with Crippen LogP contribution in [0.4, 0.5) is 0 Å². The fourth-order valence-corrected chi connectivity index (χ4v) is 3.97. The number of piperazine rings is 1. The van der Waals surface area contributed by atoms with Crippen LogP contribution in [0, 0.1) is 17.3 Å². The van der Waals surface area contributed by atoms with Gasteiger partial charge in [0.2, 0.25) is 11.8 Å². The van der Waals surface area contributed by atoms with Crippen LogP contribution in [0.5, 0.6) is 0 Å². The molecular weight excluding hydrogens is 290 g/mol. The summed E-state index contributed by atoms with van der Waals surface area (Å²) >= 11 is 0. The Morgan fingerprint density at radius 2 is 1.95 bits per heavy atom. The second-order valence-electron chi connectivity index (χ2n) is 6.88. The average Bonchev–Trinajstić information content (AvgIpc) is 3.11. The molecule has 2 aliphatic heterocycles. The molecule has 0 radical (unpaired) electrons. The van der Waals surface area contributed by atoms with Crippen LogP contribution in [-0.4, -0.2) is 48.9 Å². The van der Waals surface area contributed by atoms with E-state index in [4.69, 9.17) is 0 Å². The van der Waals surface area contributed by atoms with E-state index in [1.165, 1.54) is 0 Å². The number of carbonyl (C=O) groups excluding carboxylic acids is 2. The summed E-state index contributed by atoms with van der Waals surface area (Å²) in [4.78, 5) is 26.7. The molecule has 21 heavy (non-hydrogen) atoms. The van der Waals surface area contributed by atoms with E-state index in [0.717, 1.165) is 32.4 Å². The van der Waals surface area contributed by atoms with Gasteiger partial charge in [0.05, 0.1) is 0 Å². The van der Waals surface area contributed by atoms with Crippen LogP contribution in [0.25, 0.3) is 0 Å². The van der Waals surface area contributed by atoms with Gasteiger partial charge in [-0.2, -0.15) is 0 Å². The molecule has 2 atom stereocenters. The summed E-state index contributed by atoms with van der Waals surface area (Å²) in [5.41, 5.74) is 0.248. The lowest BCUT2D eigenvalue weighted by Gasteiger charge is -2.38. The van der Waals surface area contributed by atoms with Gasteiger partial charge in [-0.25, -0.2) is 0 Å². The molecule has 3 fully saturated rings. The molecule has 0 aromatic carbocycles. The largest absolute Gasteiger partial charge is 0.353 e. The number of hydrogen-bond acceptors (Lipinski definition) is 3. The normalized spacial score (nSPS) is 30.8. The fourth-order valence-electron chi connectivity index (χ4n) is 3.97. The lowest BCUT2D eigenvalue weighted by molar-refractivity contribution is -0.146. The molecule has 1 saturated carbocycles. The maximum Gasteiger partial charge on any atom is 0.243 e. The first-order valence-corrected chi connectivity index (χ1v) is 7.84. The van der Waals surface area contributed by atoms with Crippen molar-refractivity contribution in [2.75, 3.05) is 26.2 Å². The van der Waals surface area contributed by atoms with Gasteiger partial charge in [0.25, 0.3) is 0 Å². The van der Waals surface area contributed by atoms with Crippen LogP contribution in [-0.2, 0) is 9.59 Å². The molecule has 2 heterocycles. The maximum absolute atomic E-state index is 12.8. The summed E-state index contributed by atoms with van der Waals surface area (Å²) in [6.07, 6.45) is 3.24. The molecular formula is C15H26ClN3O2. The minimum Gasteiger partial charge on any atom is -0.353 e. The number of carbonyl (C=O) groups is 2. The molecule has 5 nitrogen and oxygen atoms in total. The molecule has 0 aromatic rings. The van der Waals surface area contributed by atoms with Crippen molar-refractivity contribution in [2.24, 2.45) is 17.3 Å². The summed E-state index contributed by atoms with van der Waals surface area (Å²) in [7, 11) is 0. The minimum atomic E-state index is -0.282. The zero-order valence-corrected chi connectivity index (χ0v) is 13.7. The molecule has 2 unspecified atom stereocenters. The van der Waals surface area contributed by atoms with E-state index in [-0.39, 0.29) is 47.5 Å². The Morgan fingerprint density at radius 1 is 1.29 bits per heavy atom. The number of amides is 2. The number of halogens is 1. The van der Waals surface area contributed by atoms with Crippen molar-refractivity contribution in [1.82, 2.24) is 15.5 Å². The van der Waals surface area contributed by atoms with E-state index in [9.17, 15) is 9.59 Å². The quantitative estimate of drug-likeness (QED) is 0.791. The van der Waals surface area contributed by atoms with E-state index < -0.39 is 0 Å². The van der Waals surface area contributed by atoms with E-state index in [0.29, 0.717) is 13.1 Å². The Labute approximate surface area is 132 Å². The van der Waals surface area contributed by atoms with E-state index in [2.05, 4.69) is 10.6 Å². The number of nitrogens with zero attached hydrogens (tertiary/aromatic N) is 1. The van der Waals surface area contributed by atoms with Crippen molar-refractivity contribution in [3.63, 3.8) is 0 Å². The molecule has 1 aliphatic carbocycles. The van der Waals surface area contributed by atoms with Gasteiger partial charge in [-0.3, -0.25) is 9.59 Å². The lowest BCUT2D eigenvalue weighted by atomic mass is 9.91. The number of nitrogens with one attached hydrogen (secondary N) is 2. The molecule has 3 rings (SSSR count). The van der Waals surface area contributed by atoms with Crippen molar-refractivity contribution in [1.29, 1.82) is 0 Å². The van der Waals surface area contributed by atoms with Gasteiger partial charge in [-0.1, -0.05) is 13.8 Å². The van der Waals surface area contributed by atoms with Crippen LogP contribution in [0.15, 0.2) is 0 Å². The van der Waals surface area contributed by atoms with Crippen molar-refractivity contribution in [3.8, 4) is 0 Å². The standard InChI is InChI=1S/C15H25N3O2.ClH/c1-10(2)12-13(19)17-7-8-18(12)14(20)11-9-15(11)3-5-16-6-4-15;/h10-12,16H,3-9H2,1-2H3,(H,17,19);1H. The predicted molar refractivity (Wildman–Crippen MR) is 83.2 cm³/mol. The summed E-state index contributed by atoms with van der Waals surface area (Å²) in [5.74, 6) is 0.568. The van der Waals surface area contributed by atoms with Crippen LogP contribution < -0.4 is 10.6 Å². The van der Waals surface area contributed by atoms with Gasteiger partial charge in [0.1, 0.15) is 6.04 Å². The van der Waals surface area contributed by atoms with Crippen molar-refractivity contribution in [3.05, 3.63) is 0 Å². The van der Waals surface area contributed by atoms with E-state index in [1.54, 1.807) is 0 Å². The Bertz CT molecular complexity index is 421. The third kappa shape index (κ3) is 2.90. The average molecular weight is 316 g/mol. The van der Waals surface area contributed by atoms with Crippen molar-refractivity contribution < 1.29 is 9.59 Å². The zero-order valence-electron chi connectivity index (χ0n) is 12.9. The highest BCUT2D eigenvalue weighted by molar-refractivity contribution is 5.91. The Morgan fingerprint density at radius 3 is 2.57 bits per heavy atom. The summed E-state index contributed by atoms with van der Waals surface area (Å²) in [6, 6.07) is -0.282.